The summed E-state index contributed by atoms with van der Waals surface area (Å²) in [7, 11) is 1.65. The lowest BCUT2D eigenvalue weighted by Gasteiger charge is -2.55. The molecule has 0 saturated heterocycles. The number of nitrogens with zero attached hydrogens (tertiary/aromatic N) is 4. The molecule has 6 heteroatoms. The van der Waals surface area contributed by atoms with Crippen LogP contribution in [0.25, 0.3) is 0 Å². The standard InChI is InChI=1S/C28H38N4O2/c1-34-24-17-9-6-14-21(24)26(33)31-23-16-8-7-15-22(23)28(18-10-3-11-19-28)32-27(31)29-25(30-32)20-12-4-2-5-13-20/h6,9,14,17,20,22-23H,2-5,7-8,10-13,15-16,18-19H2,1H3. The van der Waals surface area contributed by atoms with Gasteiger partial charge >= 0.3 is 0 Å². The Bertz CT molecular complexity index is 1030. The van der Waals surface area contributed by atoms with Crippen LogP contribution in [0.4, 0.5) is 5.95 Å². The van der Waals surface area contributed by atoms with E-state index < -0.39 is 0 Å². The molecule has 3 saturated carbocycles. The molecule has 4 aliphatic rings. The lowest BCUT2D eigenvalue weighted by atomic mass is 9.64. The monoisotopic (exact) mass is 462 g/mol. The summed E-state index contributed by atoms with van der Waals surface area (Å²) in [5, 5.41) is 5.29. The van der Waals surface area contributed by atoms with E-state index in [1.807, 2.05) is 29.2 Å². The fourth-order valence-corrected chi connectivity index (χ4v) is 7.60. The van der Waals surface area contributed by atoms with E-state index in [2.05, 4.69) is 4.68 Å². The van der Waals surface area contributed by atoms with Crippen molar-refractivity contribution in [2.45, 2.75) is 107 Å². The summed E-state index contributed by atoms with van der Waals surface area (Å²) in [6.07, 6.45) is 17.0. The van der Waals surface area contributed by atoms with Crippen molar-refractivity contribution in [3.8, 4) is 5.75 Å². The van der Waals surface area contributed by atoms with Gasteiger partial charge in [-0.2, -0.15) is 10.1 Å². The lowest BCUT2D eigenvalue weighted by molar-refractivity contribution is 0.0309. The molecular formula is C28H38N4O2. The number of fused-ring (bicyclic) bond motifs is 4. The van der Waals surface area contributed by atoms with Crippen LogP contribution < -0.4 is 9.64 Å². The molecule has 0 radical (unpaired) electrons. The summed E-state index contributed by atoms with van der Waals surface area (Å²) in [5.41, 5.74) is 0.651. The van der Waals surface area contributed by atoms with Crippen LogP contribution in [0.15, 0.2) is 24.3 Å². The lowest BCUT2D eigenvalue weighted by Crippen LogP contribution is -2.61. The Kier molecular flexibility index (Phi) is 5.86. The summed E-state index contributed by atoms with van der Waals surface area (Å²) < 4.78 is 7.87. The molecule has 34 heavy (non-hydrogen) atoms. The zero-order valence-corrected chi connectivity index (χ0v) is 20.5. The largest absolute Gasteiger partial charge is 0.496 e. The van der Waals surface area contributed by atoms with Crippen molar-refractivity contribution < 1.29 is 9.53 Å². The molecule has 1 aromatic heterocycles. The van der Waals surface area contributed by atoms with E-state index >= 15 is 0 Å². The fourth-order valence-electron chi connectivity index (χ4n) is 7.60. The highest BCUT2D eigenvalue weighted by Crippen LogP contribution is 2.53. The number of ether oxygens (including phenoxy) is 1. The molecule has 6 nitrogen and oxygen atoms in total. The number of carbonyl (C=O) groups excluding carboxylic acids is 1. The minimum absolute atomic E-state index is 0.0175. The minimum atomic E-state index is 0.0175. The molecule has 2 unspecified atom stereocenters. The molecule has 3 aliphatic carbocycles. The van der Waals surface area contributed by atoms with Gasteiger partial charge in [0.25, 0.3) is 5.91 Å². The smallest absolute Gasteiger partial charge is 0.264 e. The van der Waals surface area contributed by atoms with Gasteiger partial charge in [-0.15, -0.1) is 0 Å². The number of anilines is 1. The summed E-state index contributed by atoms with van der Waals surface area (Å²) in [4.78, 5) is 21.5. The predicted molar refractivity (Wildman–Crippen MR) is 132 cm³/mol. The van der Waals surface area contributed by atoms with Crippen LogP contribution in [0, 0.1) is 5.92 Å². The van der Waals surface area contributed by atoms with Gasteiger partial charge in [0, 0.05) is 17.9 Å². The highest BCUT2D eigenvalue weighted by atomic mass is 16.5. The van der Waals surface area contributed by atoms with E-state index in [4.69, 9.17) is 14.8 Å². The van der Waals surface area contributed by atoms with Crippen molar-refractivity contribution in [2.24, 2.45) is 5.92 Å². The number of para-hydroxylation sites is 1. The zero-order chi connectivity index (χ0) is 23.1. The third kappa shape index (κ3) is 3.47. The van der Waals surface area contributed by atoms with Gasteiger partial charge in [-0.25, -0.2) is 4.68 Å². The Morgan fingerprint density at radius 2 is 1.65 bits per heavy atom. The number of hydrogen-bond donors (Lipinski definition) is 0. The predicted octanol–water partition coefficient (Wildman–Crippen LogP) is 6.21. The second kappa shape index (κ2) is 9.01. The number of amides is 1. The van der Waals surface area contributed by atoms with Crippen molar-refractivity contribution in [3.05, 3.63) is 35.7 Å². The SMILES string of the molecule is COc1ccccc1C(=O)N1c2nc(C3CCCCC3)nn2C2(CCCCC2)C2CCCCC21. The van der Waals surface area contributed by atoms with Crippen molar-refractivity contribution in [2.75, 3.05) is 12.0 Å². The van der Waals surface area contributed by atoms with Crippen molar-refractivity contribution in [1.82, 2.24) is 14.8 Å². The molecule has 182 valence electrons. The summed E-state index contributed by atoms with van der Waals surface area (Å²) in [6, 6.07) is 7.83. The van der Waals surface area contributed by atoms with Crippen LogP contribution in [0.1, 0.15) is 112 Å². The Morgan fingerprint density at radius 3 is 2.44 bits per heavy atom. The van der Waals surface area contributed by atoms with Crippen molar-refractivity contribution in [3.63, 3.8) is 0 Å². The number of hydrogen-bond acceptors (Lipinski definition) is 4. The normalized spacial score (nSPS) is 26.7. The van der Waals surface area contributed by atoms with E-state index in [1.54, 1.807) is 7.11 Å². The average Bonchev–Trinajstić information content (AvgIpc) is 3.36. The Labute approximate surface area is 203 Å². The van der Waals surface area contributed by atoms with Gasteiger partial charge < -0.3 is 4.74 Å². The molecule has 0 bridgehead atoms. The molecule has 1 amide bonds. The molecule has 1 spiro atoms. The number of benzene rings is 1. The van der Waals surface area contributed by atoms with Crippen LogP contribution in [0.5, 0.6) is 5.75 Å². The van der Waals surface area contributed by atoms with Gasteiger partial charge in [-0.3, -0.25) is 9.69 Å². The van der Waals surface area contributed by atoms with E-state index in [9.17, 15) is 4.79 Å². The second-order valence-electron chi connectivity index (χ2n) is 11.0. The molecule has 0 N–H and O–H groups in total. The van der Waals surface area contributed by atoms with E-state index in [-0.39, 0.29) is 17.5 Å². The molecular weight excluding hydrogens is 424 g/mol. The third-order valence-corrected chi connectivity index (χ3v) is 9.24. The highest BCUT2D eigenvalue weighted by molar-refractivity contribution is 6.07. The number of methoxy groups -OCH3 is 1. The molecule has 6 rings (SSSR count). The maximum atomic E-state index is 14.2. The number of carbonyl (C=O) groups is 1. The van der Waals surface area contributed by atoms with Gasteiger partial charge in [0.05, 0.1) is 18.2 Å². The Morgan fingerprint density at radius 1 is 0.941 bits per heavy atom. The van der Waals surface area contributed by atoms with Gasteiger partial charge in [-0.1, -0.05) is 63.5 Å². The topological polar surface area (TPSA) is 60.2 Å². The van der Waals surface area contributed by atoms with E-state index in [0.29, 0.717) is 23.1 Å². The van der Waals surface area contributed by atoms with Gasteiger partial charge in [0.15, 0.2) is 5.82 Å². The Balaban J connectivity index is 1.50. The van der Waals surface area contributed by atoms with E-state index in [1.165, 1.54) is 83.5 Å². The highest BCUT2D eigenvalue weighted by Gasteiger charge is 2.55. The molecule has 1 aromatic carbocycles. The van der Waals surface area contributed by atoms with Crippen LogP contribution in [0.2, 0.25) is 0 Å². The number of rotatable bonds is 3. The quantitative estimate of drug-likeness (QED) is 0.544. The van der Waals surface area contributed by atoms with Crippen LogP contribution in [-0.2, 0) is 5.54 Å². The first kappa shape index (κ1) is 22.1. The Hall–Kier alpha value is -2.37. The molecule has 2 heterocycles. The fraction of sp³-hybridized carbons (Fsp3) is 0.679. The van der Waals surface area contributed by atoms with Crippen LogP contribution >= 0.6 is 0 Å². The zero-order valence-electron chi connectivity index (χ0n) is 20.5. The van der Waals surface area contributed by atoms with Crippen LogP contribution in [0.3, 0.4) is 0 Å². The molecule has 2 aromatic rings. The first-order valence-electron chi connectivity index (χ1n) is 13.7. The molecule has 1 aliphatic heterocycles. The first-order chi connectivity index (χ1) is 16.7. The third-order valence-electron chi connectivity index (χ3n) is 9.24. The van der Waals surface area contributed by atoms with Crippen molar-refractivity contribution >= 4 is 11.9 Å². The summed E-state index contributed by atoms with van der Waals surface area (Å²) >= 11 is 0. The van der Waals surface area contributed by atoms with Gasteiger partial charge in [0.2, 0.25) is 5.95 Å². The van der Waals surface area contributed by atoms with Gasteiger partial charge in [-0.05, 0) is 50.7 Å². The maximum Gasteiger partial charge on any atom is 0.264 e. The average molecular weight is 463 g/mol. The maximum absolute atomic E-state index is 14.2. The minimum Gasteiger partial charge on any atom is -0.496 e. The number of aromatic nitrogens is 3. The van der Waals surface area contributed by atoms with Gasteiger partial charge in [0.1, 0.15) is 5.75 Å². The van der Waals surface area contributed by atoms with Crippen LogP contribution in [-0.4, -0.2) is 33.8 Å². The van der Waals surface area contributed by atoms with Crippen molar-refractivity contribution in [1.29, 1.82) is 0 Å². The summed E-state index contributed by atoms with van der Waals surface area (Å²) in [6.45, 7) is 0. The molecule has 3 fully saturated rings. The van der Waals surface area contributed by atoms with E-state index in [0.717, 1.165) is 18.2 Å². The first-order valence-corrected chi connectivity index (χ1v) is 13.7. The molecule has 2 atom stereocenters. The second-order valence-corrected chi connectivity index (χ2v) is 11.0. The summed E-state index contributed by atoms with van der Waals surface area (Å²) in [5.74, 6) is 3.32.